The van der Waals surface area contributed by atoms with Crippen molar-refractivity contribution in [3.8, 4) is 5.75 Å². The Balaban J connectivity index is 2.55. The van der Waals surface area contributed by atoms with Crippen LogP contribution in [0.25, 0.3) is 0 Å². The van der Waals surface area contributed by atoms with Gasteiger partial charge in [-0.25, -0.2) is 0 Å². The minimum absolute atomic E-state index is 0.280. The molecule has 0 saturated heterocycles. The molecule has 1 aromatic carbocycles. The van der Waals surface area contributed by atoms with E-state index in [4.69, 9.17) is 9.84 Å². The third-order valence-corrected chi connectivity index (χ3v) is 4.04. The van der Waals surface area contributed by atoms with E-state index in [0.29, 0.717) is 6.04 Å². The lowest BCUT2D eigenvalue weighted by Crippen LogP contribution is -2.24. The molecular formula is C15H25NO2S. The number of methoxy groups -OCH3 is 1. The monoisotopic (exact) mass is 283 g/mol. The summed E-state index contributed by atoms with van der Waals surface area (Å²) in [7, 11) is 1.69. The Kier molecular flexibility index (Phi) is 8.71. The van der Waals surface area contributed by atoms with E-state index in [1.54, 1.807) is 7.11 Å². The molecule has 3 nitrogen and oxygen atoms in total. The third kappa shape index (κ3) is 6.32. The summed E-state index contributed by atoms with van der Waals surface area (Å²) < 4.78 is 5.19. The minimum Gasteiger partial charge on any atom is -0.497 e. The van der Waals surface area contributed by atoms with Crippen LogP contribution in [0.15, 0.2) is 24.3 Å². The molecule has 0 heterocycles. The molecule has 0 aromatic heterocycles. The van der Waals surface area contributed by atoms with Crippen LogP contribution in [-0.2, 0) is 0 Å². The van der Waals surface area contributed by atoms with E-state index >= 15 is 0 Å². The Hall–Kier alpha value is -0.710. The zero-order valence-electron chi connectivity index (χ0n) is 11.9. The molecule has 0 bridgehead atoms. The number of rotatable bonds is 10. The molecule has 1 rings (SSSR count). The van der Waals surface area contributed by atoms with Crippen molar-refractivity contribution in [2.24, 2.45) is 0 Å². The van der Waals surface area contributed by atoms with Crippen LogP contribution in [0.3, 0.4) is 0 Å². The maximum absolute atomic E-state index is 8.80. The first-order valence-corrected chi connectivity index (χ1v) is 8.03. The highest BCUT2D eigenvalue weighted by Crippen LogP contribution is 2.21. The largest absolute Gasteiger partial charge is 0.497 e. The molecule has 1 atom stereocenters. The van der Waals surface area contributed by atoms with Gasteiger partial charge in [-0.2, -0.15) is 11.8 Å². The Morgan fingerprint density at radius 3 is 2.63 bits per heavy atom. The first-order valence-electron chi connectivity index (χ1n) is 6.87. The number of thioether (sulfide) groups is 1. The van der Waals surface area contributed by atoms with Crippen molar-refractivity contribution in [3.05, 3.63) is 29.8 Å². The van der Waals surface area contributed by atoms with Crippen LogP contribution in [0.4, 0.5) is 0 Å². The number of hydrogen-bond acceptors (Lipinski definition) is 4. The maximum Gasteiger partial charge on any atom is 0.118 e. The van der Waals surface area contributed by atoms with Crippen molar-refractivity contribution in [2.45, 2.75) is 25.8 Å². The average molecular weight is 283 g/mol. The van der Waals surface area contributed by atoms with Gasteiger partial charge in [-0.3, -0.25) is 0 Å². The molecule has 0 aliphatic heterocycles. The summed E-state index contributed by atoms with van der Waals surface area (Å²) in [5, 5.41) is 12.4. The van der Waals surface area contributed by atoms with Gasteiger partial charge in [0.15, 0.2) is 0 Å². The third-order valence-electron chi connectivity index (χ3n) is 2.89. The van der Waals surface area contributed by atoms with Gasteiger partial charge in [0.1, 0.15) is 5.75 Å². The van der Waals surface area contributed by atoms with Gasteiger partial charge in [-0.1, -0.05) is 19.1 Å². The molecular weight excluding hydrogens is 258 g/mol. The first-order chi connectivity index (χ1) is 9.31. The smallest absolute Gasteiger partial charge is 0.118 e. The van der Waals surface area contributed by atoms with Crippen molar-refractivity contribution in [1.82, 2.24) is 5.32 Å². The van der Waals surface area contributed by atoms with E-state index in [9.17, 15) is 0 Å². The highest BCUT2D eigenvalue weighted by molar-refractivity contribution is 7.99. The fraction of sp³-hybridized carbons (Fsp3) is 0.600. The number of nitrogens with one attached hydrogen (secondary N) is 1. The highest BCUT2D eigenvalue weighted by atomic mass is 32.2. The van der Waals surface area contributed by atoms with Gasteiger partial charge in [0.25, 0.3) is 0 Å². The molecule has 19 heavy (non-hydrogen) atoms. The van der Waals surface area contributed by atoms with Crippen LogP contribution in [0, 0.1) is 0 Å². The molecule has 4 heteroatoms. The van der Waals surface area contributed by atoms with E-state index in [-0.39, 0.29) is 6.61 Å². The molecule has 1 unspecified atom stereocenters. The predicted molar refractivity (Wildman–Crippen MR) is 83.1 cm³/mol. The summed E-state index contributed by atoms with van der Waals surface area (Å²) in [5.41, 5.74) is 1.30. The van der Waals surface area contributed by atoms with E-state index in [1.165, 1.54) is 5.56 Å². The lowest BCUT2D eigenvalue weighted by molar-refractivity contribution is 0.296. The lowest BCUT2D eigenvalue weighted by Gasteiger charge is -2.19. The van der Waals surface area contributed by atoms with Crippen molar-refractivity contribution < 1.29 is 9.84 Å². The molecule has 0 aliphatic carbocycles. The molecule has 0 saturated carbocycles. The Labute approximate surface area is 120 Å². The second-order valence-electron chi connectivity index (χ2n) is 4.43. The predicted octanol–water partition coefficient (Wildman–Crippen LogP) is 2.85. The normalized spacial score (nSPS) is 12.4. The summed E-state index contributed by atoms with van der Waals surface area (Å²) in [6, 6.07) is 8.63. The summed E-state index contributed by atoms with van der Waals surface area (Å²) >= 11 is 1.89. The second kappa shape index (κ2) is 10.1. The molecule has 0 radical (unpaired) electrons. The SMILES string of the molecule is CCCNC(CSCCCO)c1ccc(OC)cc1. The zero-order valence-corrected chi connectivity index (χ0v) is 12.7. The van der Waals surface area contributed by atoms with Crippen molar-refractivity contribution in [2.75, 3.05) is 31.8 Å². The fourth-order valence-corrected chi connectivity index (χ4v) is 2.84. The Morgan fingerprint density at radius 2 is 2.05 bits per heavy atom. The second-order valence-corrected chi connectivity index (χ2v) is 5.58. The van der Waals surface area contributed by atoms with E-state index in [0.717, 1.165) is 36.6 Å². The number of aliphatic hydroxyl groups is 1. The van der Waals surface area contributed by atoms with Gasteiger partial charge in [0.05, 0.1) is 7.11 Å². The van der Waals surface area contributed by atoms with E-state index in [2.05, 4.69) is 24.4 Å². The van der Waals surface area contributed by atoms with Crippen LogP contribution in [0.1, 0.15) is 31.4 Å². The molecule has 1 aromatic rings. The lowest BCUT2D eigenvalue weighted by atomic mass is 10.1. The number of benzene rings is 1. The van der Waals surface area contributed by atoms with Crippen LogP contribution in [0.5, 0.6) is 5.75 Å². The average Bonchev–Trinajstić information content (AvgIpc) is 2.47. The summed E-state index contributed by atoms with van der Waals surface area (Å²) in [6.07, 6.45) is 2.00. The standard InChI is InChI=1S/C15H25NO2S/c1-3-9-16-15(12-19-11-4-10-17)13-5-7-14(18-2)8-6-13/h5-8,15-17H,3-4,9-12H2,1-2H3. The number of aliphatic hydroxyl groups excluding tert-OH is 1. The summed E-state index contributed by atoms with van der Waals surface area (Å²) in [4.78, 5) is 0. The van der Waals surface area contributed by atoms with Crippen molar-refractivity contribution in [1.29, 1.82) is 0 Å². The quantitative estimate of drug-likeness (QED) is 0.648. The minimum atomic E-state index is 0.280. The molecule has 108 valence electrons. The van der Waals surface area contributed by atoms with Gasteiger partial charge in [0, 0.05) is 18.4 Å². The molecule has 0 spiro atoms. The van der Waals surface area contributed by atoms with Gasteiger partial charge < -0.3 is 15.2 Å². The molecule has 0 amide bonds. The molecule has 2 N–H and O–H groups in total. The topological polar surface area (TPSA) is 41.5 Å². The van der Waals surface area contributed by atoms with Crippen LogP contribution < -0.4 is 10.1 Å². The molecule has 0 fully saturated rings. The number of ether oxygens (including phenoxy) is 1. The highest BCUT2D eigenvalue weighted by Gasteiger charge is 2.10. The number of hydrogen-bond donors (Lipinski definition) is 2. The van der Waals surface area contributed by atoms with Gasteiger partial charge in [-0.15, -0.1) is 0 Å². The van der Waals surface area contributed by atoms with Gasteiger partial charge in [0.2, 0.25) is 0 Å². The van der Waals surface area contributed by atoms with Crippen LogP contribution in [-0.4, -0.2) is 36.9 Å². The van der Waals surface area contributed by atoms with Gasteiger partial charge in [-0.05, 0) is 42.8 Å². The van der Waals surface area contributed by atoms with Crippen LogP contribution >= 0.6 is 11.8 Å². The van der Waals surface area contributed by atoms with E-state index < -0.39 is 0 Å². The Bertz CT molecular complexity index is 329. The first kappa shape index (κ1) is 16.3. The maximum atomic E-state index is 8.80. The van der Waals surface area contributed by atoms with Crippen molar-refractivity contribution in [3.63, 3.8) is 0 Å². The van der Waals surface area contributed by atoms with Crippen LogP contribution in [0.2, 0.25) is 0 Å². The van der Waals surface area contributed by atoms with Gasteiger partial charge >= 0.3 is 0 Å². The molecule has 0 aliphatic rings. The Morgan fingerprint density at radius 1 is 1.32 bits per heavy atom. The summed E-state index contributed by atoms with van der Waals surface area (Å²) in [6.45, 7) is 3.48. The fourth-order valence-electron chi connectivity index (χ4n) is 1.80. The van der Waals surface area contributed by atoms with E-state index in [1.807, 2.05) is 23.9 Å². The zero-order chi connectivity index (χ0) is 13.9. The van der Waals surface area contributed by atoms with Crippen molar-refractivity contribution >= 4 is 11.8 Å². The summed E-state index contributed by atoms with van der Waals surface area (Å²) in [5.74, 6) is 2.94.